The minimum absolute atomic E-state index is 0.0328. The van der Waals surface area contributed by atoms with E-state index in [4.69, 9.17) is 92.8 Å². The summed E-state index contributed by atoms with van der Waals surface area (Å²) in [6, 6.07) is 13.8. The van der Waals surface area contributed by atoms with Crippen molar-refractivity contribution in [1.29, 1.82) is 0 Å². The Hall–Kier alpha value is -5.16. The molecule has 342 valence electrons. The van der Waals surface area contributed by atoms with Gasteiger partial charge in [0, 0.05) is 21.4 Å². The molecule has 0 saturated heterocycles. The molecule has 0 aromatic heterocycles. The zero-order chi connectivity index (χ0) is 48.6. The molecular weight excluding hydrogens is 1020 g/mol. The predicted molar refractivity (Wildman–Crippen MR) is 262 cm³/mol. The van der Waals surface area contributed by atoms with Crippen molar-refractivity contribution in [3.63, 3.8) is 0 Å². The second-order valence-electron chi connectivity index (χ2n) is 14.0. The molecule has 0 saturated carbocycles. The molecule has 0 aliphatic rings. The van der Waals surface area contributed by atoms with Crippen LogP contribution in [0.25, 0.3) is 0 Å². The molecule has 0 spiro atoms. The number of anilines is 4. The zero-order valence-electron chi connectivity index (χ0n) is 34.8. The van der Waals surface area contributed by atoms with E-state index in [0.717, 1.165) is 6.92 Å². The Labute approximate surface area is 417 Å². The molecule has 14 nitrogen and oxygen atoms in total. The molecule has 4 amide bonds. The van der Waals surface area contributed by atoms with Crippen LogP contribution in [0.3, 0.4) is 0 Å². The number of benzene rings is 5. The molecule has 5 aromatic rings. The van der Waals surface area contributed by atoms with Gasteiger partial charge in [-0.05, 0) is 111 Å². The first kappa shape index (κ1) is 51.8. The topological polar surface area (TPSA) is 200 Å². The third-order valence-corrected chi connectivity index (χ3v) is 11.6. The van der Waals surface area contributed by atoms with Crippen LogP contribution in [0.15, 0.2) is 93.3 Å². The van der Waals surface area contributed by atoms with Crippen molar-refractivity contribution in [2.75, 3.05) is 21.3 Å². The van der Waals surface area contributed by atoms with Crippen molar-refractivity contribution < 1.29 is 28.8 Å². The molecule has 4 N–H and O–H groups in total. The van der Waals surface area contributed by atoms with Crippen molar-refractivity contribution >= 4 is 162 Å². The fourth-order valence-electron chi connectivity index (χ4n) is 6.03. The lowest BCUT2D eigenvalue weighted by atomic mass is 10.0. The molecule has 0 heterocycles. The number of hydrogen-bond donors (Lipinski definition) is 4. The number of ketones is 2. The van der Waals surface area contributed by atoms with Gasteiger partial charge in [-0.15, -0.1) is 0 Å². The van der Waals surface area contributed by atoms with Crippen molar-refractivity contribution in [3.8, 4) is 0 Å². The highest BCUT2D eigenvalue weighted by Gasteiger charge is 2.27. The normalized spacial score (nSPS) is 12.2. The summed E-state index contributed by atoms with van der Waals surface area (Å²) >= 11 is 49.4. The summed E-state index contributed by atoms with van der Waals surface area (Å²) in [6.07, 6.45) is 0.721. The van der Waals surface area contributed by atoms with E-state index in [9.17, 15) is 28.8 Å². The Bertz CT molecular complexity index is 2790. The third-order valence-electron chi connectivity index (χ3n) is 9.30. The summed E-state index contributed by atoms with van der Waals surface area (Å²) in [5.74, 6) is -4.26. The minimum atomic E-state index is -1.60. The molecular formula is C44H34Cl8N8O6. The van der Waals surface area contributed by atoms with Crippen LogP contribution in [0, 0.1) is 0 Å². The van der Waals surface area contributed by atoms with Crippen LogP contribution in [-0.2, 0) is 32.0 Å². The van der Waals surface area contributed by atoms with Crippen LogP contribution in [0.5, 0.6) is 0 Å². The Kier molecular flexibility index (Phi) is 18.1. The second kappa shape index (κ2) is 23.0. The van der Waals surface area contributed by atoms with Crippen LogP contribution in [-0.4, -0.2) is 47.3 Å². The standard InChI is InChI=1S/C44H34Cl8N8O6/c1-5-21-11-27(53-43(65)36(19(3)61)59-57-25-7-9-30(47)28(17-25)41(63)55-39-32(49)13-23(45)14-33(39)50)12-22(6-2)38(21)54-44(66)37(20(4)62)60-58-26-8-10-31(48)29(18-26)42(64)56-40-34(51)15-24(46)16-35(40)52/h7-18,36-37H,5-6H2,1-4H3,(H,53,65)(H,54,66)(H,55,63)(H,56,64). The average molecular weight is 1050 g/mol. The van der Waals surface area contributed by atoms with E-state index in [1.165, 1.54) is 67.6 Å². The highest BCUT2D eigenvalue weighted by Crippen LogP contribution is 2.37. The fraction of sp³-hybridized carbons (Fsp3) is 0.182. The number of amides is 4. The number of carbonyl (C=O) groups is 6. The molecule has 5 rings (SSSR count). The molecule has 0 aliphatic carbocycles. The van der Waals surface area contributed by atoms with Gasteiger partial charge >= 0.3 is 0 Å². The first-order valence-corrected chi connectivity index (χ1v) is 22.3. The Morgan fingerprint density at radius 2 is 0.833 bits per heavy atom. The number of halogens is 8. The number of Topliss-reactive ketones (excluding diaryl/α,β-unsaturated/α-hetero) is 2. The quantitative estimate of drug-likeness (QED) is 0.0559. The summed E-state index contributed by atoms with van der Waals surface area (Å²) in [7, 11) is 0. The van der Waals surface area contributed by atoms with Crippen LogP contribution < -0.4 is 21.3 Å². The SMILES string of the molecule is CCc1cc(NC(=O)C(N=Nc2ccc(Cl)c(C(=O)Nc3c(Cl)cc(Cl)cc3Cl)c2)C(C)=O)cc(CC)c1NC(=O)C(N=Nc1ccc(Cl)c(C(=O)Nc2c(Cl)cc(Cl)cc2Cl)c1)C(C)=O. The molecule has 0 aliphatic heterocycles. The highest BCUT2D eigenvalue weighted by atomic mass is 35.5. The largest absolute Gasteiger partial charge is 0.324 e. The number of hydrogen-bond acceptors (Lipinski definition) is 10. The molecule has 2 atom stereocenters. The van der Waals surface area contributed by atoms with Gasteiger partial charge in [0.1, 0.15) is 0 Å². The first-order valence-electron chi connectivity index (χ1n) is 19.3. The number of rotatable bonds is 16. The maximum Gasteiger partial charge on any atom is 0.258 e. The van der Waals surface area contributed by atoms with Crippen molar-refractivity contribution in [2.24, 2.45) is 20.5 Å². The summed E-state index contributed by atoms with van der Waals surface area (Å²) in [5.41, 5.74) is 2.12. The van der Waals surface area contributed by atoms with Crippen LogP contribution in [0.2, 0.25) is 40.2 Å². The minimum Gasteiger partial charge on any atom is -0.324 e. The lowest BCUT2D eigenvalue weighted by molar-refractivity contribution is -0.127. The van der Waals surface area contributed by atoms with Gasteiger partial charge in [0.15, 0.2) is 11.6 Å². The van der Waals surface area contributed by atoms with Gasteiger partial charge in [-0.1, -0.05) is 107 Å². The highest BCUT2D eigenvalue weighted by molar-refractivity contribution is 6.44. The number of carbonyl (C=O) groups excluding carboxylic acids is 6. The lowest BCUT2D eigenvalue weighted by Crippen LogP contribution is -2.33. The van der Waals surface area contributed by atoms with Gasteiger partial charge in [-0.25, -0.2) is 0 Å². The molecule has 22 heteroatoms. The van der Waals surface area contributed by atoms with E-state index in [2.05, 4.69) is 41.7 Å². The van der Waals surface area contributed by atoms with Crippen LogP contribution in [0.1, 0.15) is 59.5 Å². The molecule has 5 aromatic carbocycles. The number of nitrogens with one attached hydrogen (secondary N) is 4. The first-order chi connectivity index (χ1) is 31.2. The third kappa shape index (κ3) is 13.0. The molecule has 0 fully saturated rings. The Morgan fingerprint density at radius 3 is 1.18 bits per heavy atom. The molecule has 0 radical (unpaired) electrons. The Balaban J connectivity index is 1.31. The second-order valence-corrected chi connectivity index (χ2v) is 17.4. The van der Waals surface area contributed by atoms with Gasteiger partial charge in [-0.2, -0.15) is 20.5 Å². The van der Waals surface area contributed by atoms with Gasteiger partial charge < -0.3 is 21.3 Å². The monoisotopic (exact) mass is 1050 g/mol. The zero-order valence-corrected chi connectivity index (χ0v) is 40.8. The number of aryl methyl sites for hydroxylation is 2. The Morgan fingerprint density at radius 1 is 0.470 bits per heavy atom. The molecule has 2 unspecified atom stereocenters. The van der Waals surface area contributed by atoms with Gasteiger partial charge in [0.2, 0.25) is 12.1 Å². The molecule has 0 bridgehead atoms. The van der Waals surface area contributed by atoms with Gasteiger partial charge in [-0.3, -0.25) is 28.8 Å². The number of nitrogens with zero attached hydrogens (tertiary/aromatic N) is 4. The van der Waals surface area contributed by atoms with E-state index >= 15 is 0 Å². The van der Waals surface area contributed by atoms with E-state index in [1.54, 1.807) is 12.1 Å². The maximum absolute atomic E-state index is 13.7. The predicted octanol–water partition coefficient (Wildman–Crippen LogP) is 13.9. The average Bonchev–Trinajstić information content (AvgIpc) is 3.24. The van der Waals surface area contributed by atoms with Gasteiger partial charge in [0.05, 0.1) is 64.0 Å². The summed E-state index contributed by atoms with van der Waals surface area (Å²) in [5, 5.41) is 27.8. The van der Waals surface area contributed by atoms with Gasteiger partial charge in [0.25, 0.3) is 23.6 Å². The van der Waals surface area contributed by atoms with Crippen molar-refractivity contribution in [1.82, 2.24) is 0 Å². The number of azo groups is 2. The lowest BCUT2D eigenvalue weighted by Gasteiger charge is -2.19. The van der Waals surface area contributed by atoms with E-state index < -0.39 is 47.3 Å². The fourth-order valence-corrected chi connectivity index (χ4v) is 8.26. The van der Waals surface area contributed by atoms with E-state index in [-0.39, 0.29) is 79.7 Å². The van der Waals surface area contributed by atoms with E-state index in [1.807, 2.05) is 13.8 Å². The summed E-state index contributed by atoms with van der Waals surface area (Å²) in [4.78, 5) is 79.0. The summed E-state index contributed by atoms with van der Waals surface area (Å²) < 4.78 is 0. The smallest absolute Gasteiger partial charge is 0.258 e. The summed E-state index contributed by atoms with van der Waals surface area (Å²) in [6.45, 7) is 5.96. The van der Waals surface area contributed by atoms with Crippen molar-refractivity contribution in [2.45, 2.75) is 52.6 Å². The van der Waals surface area contributed by atoms with E-state index in [0.29, 0.717) is 29.7 Å². The van der Waals surface area contributed by atoms with Crippen molar-refractivity contribution in [3.05, 3.63) is 135 Å². The maximum atomic E-state index is 13.7. The van der Waals surface area contributed by atoms with Crippen LogP contribution in [0.4, 0.5) is 34.1 Å². The molecule has 66 heavy (non-hydrogen) atoms. The van der Waals surface area contributed by atoms with Crippen LogP contribution >= 0.6 is 92.8 Å².